The highest BCUT2D eigenvalue weighted by Gasteiger charge is 2.28. The van der Waals surface area contributed by atoms with E-state index in [2.05, 4.69) is 64.3 Å². The minimum Gasteiger partial charge on any atom is -0.479 e. The zero-order valence-corrected chi connectivity index (χ0v) is 29.3. The summed E-state index contributed by atoms with van der Waals surface area (Å²) in [5.41, 5.74) is 3.75. The molecule has 3 aromatic heterocycles. The number of rotatable bonds is 9. The summed E-state index contributed by atoms with van der Waals surface area (Å²) in [5, 5.41) is 7.31. The first kappa shape index (κ1) is 32.6. The fraction of sp³-hybridized carbons (Fsp3) is 0.469. The fourth-order valence-corrected chi connectivity index (χ4v) is 8.00. The summed E-state index contributed by atoms with van der Waals surface area (Å²) >= 11 is 3.57. The summed E-state index contributed by atoms with van der Waals surface area (Å²) in [5.74, 6) is 2.32. The molecule has 1 aromatic carbocycles. The third-order valence-electron chi connectivity index (χ3n) is 8.55. The normalized spacial score (nSPS) is 16.8. The van der Waals surface area contributed by atoms with Gasteiger partial charge in [-0.05, 0) is 78.7 Å². The lowest BCUT2D eigenvalue weighted by Crippen LogP contribution is -2.46. The third kappa shape index (κ3) is 7.12. The third-order valence-corrected chi connectivity index (χ3v) is 10.7. The van der Waals surface area contributed by atoms with Crippen molar-refractivity contribution in [2.45, 2.75) is 38.6 Å². The van der Waals surface area contributed by atoms with Crippen LogP contribution in [-0.2, 0) is 15.7 Å². The second-order valence-corrected chi connectivity index (χ2v) is 16.0. The van der Waals surface area contributed by atoms with Crippen LogP contribution >= 0.6 is 23.1 Å². The summed E-state index contributed by atoms with van der Waals surface area (Å²) in [4.78, 5) is 28.1. The van der Waals surface area contributed by atoms with Gasteiger partial charge in [0.05, 0.1) is 34.7 Å². The number of hydrogen-bond acceptors (Lipinski definition) is 12. The number of aromatic nitrogens is 5. The van der Waals surface area contributed by atoms with Crippen molar-refractivity contribution in [3.8, 4) is 5.88 Å². The molecule has 6 rings (SSSR count). The topological polar surface area (TPSA) is 131 Å². The minimum absolute atomic E-state index is 0.362. The molecule has 0 saturated carbocycles. The van der Waals surface area contributed by atoms with Crippen molar-refractivity contribution < 1.29 is 14.0 Å². The summed E-state index contributed by atoms with van der Waals surface area (Å²) in [6.07, 6.45) is 9.04. The Bertz CT molecular complexity index is 1740. The van der Waals surface area contributed by atoms with Gasteiger partial charge in [-0.2, -0.15) is 9.97 Å². The van der Waals surface area contributed by atoms with Gasteiger partial charge in [0.1, 0.15) is 30.0 Å². The number of aryl methyl sites for hydroxylation is 1. The van der Waals surface area contributed by atoms with Gasteiger partial charge in [0, 0.05) is 57.4 Å². The molecule has 2 saturated heterocycles. The Balaban J connectivity index is 1.23. The average Bonchev–Trinajstić information content (AvgIpc) is 3.35. The standard InChI is InChI=1S/C32H41BrN9O3P/c1-5-21-19-26(31(44-2)40-30(21)42-14-9-22(10-15-42)41-13-6-17-45-18-16-41)38-32-36-20-23(33)29(39-32)37-25-8-7-24-27(35-12-11-34-24)28(25)46(3,4)43/h7-8,11-12,19-20,22H,5-6,9-10,13-18H2,1-4H3,(H2,36,37,38,39). The van der Waals surface area contributed by atoms with Gasteiger partial charge in [-0.1, -0.05) is 6.92 Å². The van der Waals surface area contributed by atoms with E-state index >= 15 is 0 Å². The Hall–Kier alpha value is -3.38. The predicted octanol–water partition coefficient (Wildman–Crippen LogP) is 5.57. The summed E-state index contributed by atoms with van der Waals surface area (Å²) in [7, 11) is -1.12. The molecule has 12 nitrogen and oxygen atoms in total. The average molecular weight is 711 g/mol. The Morgan fingerprint density at radius 3 is 2.59 bits per heavy atom. The fourth-order valence-electron chi connectivity index (χ4n) is 6.31. The van der Waals surface area contributed by atoms with Crippen molar-refractivity contribution in [1.82, 2.24) is 29.8 Å². The molecule has 4 aromatic rings. The largest absolute Gasteiger partial charge is 0.479 e. The highest BCUT2D eigenvalue weighted by molar-refractivity contribution is 9.10. The summed E-state index contributed by atoms with van der Waals surface area (Å²) in [6, 6.07) is 6.39. The Labute approximate surface area is 278 Å². The van der Waals surface area contributed by atoms with Crippen LogP contribution in [0, 0.1) is 0 Å². The lowest BCUT2D eigenvalue weighted by Gasteiger charge is -2.39. The zero-order chi connectivity index (χ0) is 32.3. The SMILES string of the molecule is CCc1cc(Nc2ncc(Br)c(Nc3ccc4nccnc4c3P(C)(C)=O)n2)c(OC)nc1N1CCC(N2CCCOCC2)CC1. The quantitative estimate of drug-likeness (QED) is 0.211. The maximum Gasteiger partial charge on any atom is 0.239 e. The van der Waals surface area contributed by atoms with E-state index < -0.39 is 7.14 Å². The van der Waals surface area contributed by atoms with Crippen molar-refractivity contribution in [3.63, 3.8) is 0 Å². The second-order valence-electron chi connectivity index (χ2n) is 12.0. The first-order valence-corrected chi connectivity index (χ1v) is 19.1. The highest BCUT2D eigenvalue weighted by Crippen LogP contribution is 2.41. The summed E-state index contributed by atoms with van der Waals surface area (Å²) in [6.45, 7) is 11.3. The number of methoxy groups -OCH3 is 1. The van der Waals surface area contributed by atoms with Crippen molar-refractivity contribution in [3.05, 3.63) is 46.8 Å². The Morgan fingerprint density at radius 1 is 1.02 bits per heavy atom. The highest BCUT2D eigenvalue weighted by atomic mass is 79.9. The molecule has 0 unspecified atom stereocenters. The van der Waals surface area contributed by atoms with E-state index in [4.69, 9.17) is 19.4 Å². The first-order chi connectivity index (χ1) is 22.2. The Kier molecular flexibility index (Phi) is 10.0. The molecular weight excluding hydrogens is 669 g/mol. The van der Waals surface area contributed by atoms with E-state index in [9.17, 15) is 4.57 Å². The number of halogens is 1. The zero-order valence-electron chi connectivity index (χ0n) is 26.8. The predicted molar refractivity (Wildman–Crippen MR) is 187 cm³/mol. The lowest BCUT2D eigenvalue weighted by atomic mass is 10.0. The number of piperidine rings is 1. The van der Waals surface area contributed by atoms with Crippen LogP contribution in [0.4, 0.5) is 29.0 Å². The number of hydrogen-bond donors (Lipinski definition) is 2. The maximum atomic E-state index is 13.4. The number of benzene rings is 1. The van der Waals surface area contributed by atoms with Gasteiger partial charge in [0.2, 0.25) is 11.8 Å². The number of anilines is 5. The van der Waals surface area contributed by atoms with Gasteiger partial charge in [-0.3, -0.25) is 14.9 Å². The van der Waals surface area contributed by atoms with Crippen LogP contribution in [0.1, 0.15) is 31.7 Å². The van der Waals surface area contributed by atoms with Crippen molar-refractivity contribution in [2.24, 2.45) is 0 Å². The van der Waals surface area contributed by atoms with Gasteiger partial charge in [-0.15, -0.1) is 0 Å². The van der Waals surface area contributed by atoms with E-state index in [1.54, 1.807) is 39.0 Å². The van der Waals surface area contributed by atoms with Crippen LogP contribution in [0.25, 0.3) is 11.0 Å². The minimum atomic E-state index is -2.74. The maximum absolute atomic E-state index is 13.4. The van der Waals surface area contributed by atoms with E-state index in [0.717, 1.165) is 76.5 Å². The molecule has 2 fully saturated rings. The van der Waals surface area contributed by atoms with Gasteiger partial charge >= 0.3 is 0 Å². The molecule has 14 heteroatoms. The van der Waals surface area contributed by atoms with Crippen LogP contribution in [-0.4, -0.2) is 95.7 Å². The number of pyridine rings is 1. The van der Waals surface area contributed by atoms with Crippen molar-refractivity contribution >= 4 is 68.4 Å². The molecule has 0 atom stereocenters. The molecule has 2 N–H and O–H groups in total. The molecule has 0 aliphatic carbocycles. The van der Waals surface area contributed by atoms with E-state index in [0.29, 0.717) is 55.9 Å². The van der Waals surface area contributed by atoms with Crippen molar-refractivity contribution in [2.75, 3.05) is 75.4 Å². The second kappa shape index (κ2) is 14.2. The van der Waals surface area contributed by atoms with Gasteiger partial charge in [0.15, 0.2) is 0 Å². The number of nitrogens with zero attached hydrogens (tertiary/aromatic N) is 7. The number of ether oxygens (including phenoxy) is 2. The molecule has 244 valence electrons. The molecular formula is C32H41BrN9O3P. The van der Waals surface area contributed by atoms with E-state index in [1.807, 2.05) is 12.1 Å². The molecule has 0 amide bonds. The van der Waals surface area contributed by atoms with Crippen LogP contribution in [0.3, 0.4) is 0 Å². The van der Waals surface area contributed by atoms with Crippen LogP contribution in [0.15, 0.2) is 41.3 Å². The van der Waals surface area contributed by atoms with Gasteiger partial charge < -0.3 is 29.6 Å². The molecule has 0 bridgehead atoms. The molecule has 2 aliphatic heterocycles. The number of nitrogens with one attached hydrogen (secondary N) is 2. The Morgan fingerprint density at radius 2 is 1.83 bits per heavy atom. The molecule has 0 spiro atoms. The van der Waals surface area contributed by atoms with Gasteiger partial charge in [0.25, 0.3) is 0 Å². The van der Waals surface area contributed by atoms with Crippen LogP contribution < -0.4 is 25.6 Å². The van der Waals surface area contributed by atoms with Crippen LogP contribution in [0.5, 0.6) is 5.88 Å². The smallest absolute Gasteiger partial charge is 0.239 e. The van der Waals surface area contributed by atoms with Crippen molar-refractivity contribution in [1.29, 1.82) is 0 Å². The monoisotopic (exact) mass is 709 g/mol. The molecule has 46 heavy (non-hydrogen) atoms. The molecule has 2 aliphatic rings. The van der Waals surface area contributed by atoms with Gasteiger partial charge in [-0.25, -0.2) is 4.98 Å². The summed E-state index contributed by atoms with van der Waals surface area (Å²) < 4.78 is 25.5. The first-order valence-electron chi connectivity index (χ1n) is 15.8. The van der Waals surface area contributed by atoms with E-state index in [1.165, 1.54) is 0 Å². The van der Waals surface area contributed by atoms with Crippen LogP contribution in [0.2, 0.25) is 0 Å². The molecule has 0 radical (unpaired) electrons. The van der Waals surface area contributed by atoms with E-state index in [-0.39, 0.29) is 0 Å². The number of fused-ring (bicyclic) bond motifs is 1. The molecule has 5 heterocycles. The lowest BCUT2D eigenvalue weighted by molar-refractivity contribution is 0.125.